The van der Waals surface area contributed by atoms with E-state index in [1.807, 2.05) is 6.92 Å². The molecule has 0 spiro atoms. The van der Waals surface area contributed by atoms with Gasteiger partial charge in [-0.15, -0.1) is 0 Å². The van der Waals surface area contributed by atoms with Crippen molar-refractivity contribution in [1.82, 2.24) is 19.9 Å². The van der Waals surface area contributed by atoms with Gasteiger partial charge in [-0.2, -0.15) is 4.98 Å². The van der Waals surface area contributed by atoms with E-state index in [0.29, 0.717) is 17.1 Å². The summed E-state index contributed by atoms with van der Waals surface area (Å²) in [6, 6.07) is 8.96. The van der Waals surface area contributed by atoms with Crippen LogP contribution in [0.1, 0.15) is 23.9 Å². The highest BCUT2D eigenvalue weighted by molar-refractivity contribution is 5.80. The lowest BCUT2D eigenvalue weighted by molar-refractivity contribution is 0.247. The number of hydrogen-bond acceptors (Lipinski definition) is 6. The monoisotopic (exact) mass is 323 g/mol. The first-order valence-corrected chi connectivity index (χ1v) is 8.33. The maximum Gasteiger partial charge on any atom is 0.252 e. The number of hydrogen-bond donors (Lipinski definition) is 1. The summed E-state index contributed by atoms with van der Waals surface area (Å²) >= 11 is 0. The maximum atomic E-state index is 5.47. The highest BCUT2D eigenvalue weighted by atomic mass is 16.4. The number of rotatable bonds is 4. The molecule has 6 heteroatoms. The fraction of sp³-hybridized carbons (Fsp3) is 0.389. The molecular weight excluding hydrogens is 302 g/mol. The summed E-state index contributed by atoms with van der Waals surface area (Å²) in [6.45, 7) is 7.04. The molecule has 0 radical (unpaired) electrons. The zero-order valence-electron chi connectivity index (χ0n) is 14.0. The third-order valence-electron chi connectivity index (χ3n) is 4.43. The summed E-state index contributed by atoms with van der Waals surface area (Å²) in [5.41, 5.74) is 4.15. The van der Waals surface area contributed by atoms with Crippen molar-refractivity contribution in [2.24, 2.45) is 0 Å². The molecule has 6 nitrogen and oxygen atoms in total. The molecule has 0 bridgehead atoms. The molecule has 1 atom stereocenters. The molecule has 0 aliphatic carbocycles. The fourth-order valence-electron chi connectivity index (χ4n) is 3.34. The number of anilines is 1. The lowest BCUT2D eigenvalue weighted by Crippen LogP contribution is -2.38. The Morgan fingerprint density at radius 1 is 1.25 bits per heavy atom. The molecule has 1 aliphatic heterocycles. The second-order valence-corrected chi connectivity index (χ2v) is 6.41. The van der Waals surface area contributed by atoms with Gasteiger partial charge in [-0.1, -0.05) is 24.3 Å². The molecule has 1 aliphatic rings. The Kier molecular flexibility index (Phi) is 3.90. The van der Waals surface area contributed by atoms with Crippen LogP contribution in [0.4, 0.5) is 5.82 Å². The zero-order valence-corrected chi connectivity index (χ0v) is 14.0. The fourth-order valence-corrected chi connectivity index (χ4v) is 3.34. The average Bonchev–Trinajstić information content (AvgIpc) is 2.96. The minimum atomic E-state index is 0.255. The van der Waals surface area contributed by atoms with Gasteiger partial charge in [0.1, 0.15) is 6.33 Å². The number of nitrogens with one attached hydrogen (secondary N) is 1. The van der Waals surface area contributed by atoms with E-state index in [-0.39, 0.29) is 6.04 Å². The van der Waals surface area contributed by atoms with Crippen molar-refractivity contribution < 1.29 is 4.42 Å². The Labute approximate surface area is 140 Å². The minimum absolute atomic E-state index is 0.255. The number of benzene rings is 1. The third-order valence-corrected chi connectivity index (χ3v) is 4.43. The minimum Gasteiger partial charge on any atom is -0.422 e. The zero-order chi connectivity index (χ0) is 16.5. The van der Waals surface area contributed by atoms with E-state index in [0.717, 1.165) is 31.9 Å². The van der Waals surface area contributed by atoms with Crippen LogP contribution in [0.5, 0.6) is 0 Å². The largest absolute Gasteiger partial charge is 0.422 e. The lowest BCUT2D eigenvalue weighted by atomic mass is 10.00. The molecule has 1 aromatic carbocycles. The van der Waals surface area contributed by atoms with Gasteiger partial charge in [-0.05, 0) is 24.5 Å². The van der Waals surface area contributed by atoms with E-state index in [9.17, 15) is 0 Å². The smallest absolute Gasteiger partial charge is 0.252 e. The Bertz CT molecular complexity index is 859. The van der Waals surface area contributed by atoms with Crippen molar-refractivity contribution in [2.45, 2.75) is 32.9 Å². The van der Waals surface area contributed by atoms with Crippen LogP contribution in [0.25, 0.3) is 11.2 Å². The highest BCUT2D eigenvalue weighted by Gasteiger charge is 2.19. The Hall–Kier alpha value is -2.47. The van der Waals surface area contributed by atoms with Crippen molar-refractivity contribution in [3.63, 3.8) is 0 Å². The predicted molar refractivity (Wildman–Crippen MR) is 92.8 cm³/mol. The van der Waals surface area contributed by atoms with Gasteiger partial charge in [-0.25, -0.2) is 9.97 Å². The first-order valence-electron chi connectivity index (χ1n) is 8.33. The first-order chi connectivity index (χ1) is 11.7. The number of nitrogens with zero attached hydrogens (tertiary/aromatic N) is 4. The lowest BCUT2D eigenvalue weighted by Gasteiger charge is -2.31. The van der Waals surface area contributed by atoms with E-state index in [1.54, 1.807) is 0 Å². The molecule has 3 aromatic rings. The summed E-state index contributed by atoms with van der Waals surface area (Å²) in [5, 5.41) is 3.45. The SMILES string of the molecule is Cc1nc2c(N[C@@H](C)CN3CCc4ccccc4C3)ncnc2o1. The summed E-state index contributed by atoms with van der Waals surface area (Å²) < 4.78 is 5.47. The van der Waals surface area contributed by atoms with Crippen LogP contribution in [-0.2, 0) is 13.0 Å². The molecule has 1 N–H and O–H groups in total. The van der Waals surface area contributed by atoms with Crippen LogP contribution in [0.3, 0.4) is 0 Å². The van der Waals surface area contributed by atoms with E-state index < -0.39 is 0 Å². The predicted octanol–water partition coefficient (Wildman–Crippen LogP) is 2.78. The van der Waals surface area contributed by atoms with Crippen molar-refractivity contribution in [3.05, 3.63) is 47.6 Å². The standard InChI is InChI=1S/C18H21N5O/c1-12(9-23-8-7-14-5-3-4-6-15(14)10-23)21-17-16-18(20-11-19-17)24-13(2)22-16/h3-6,11-12H,7-10H2,1-2H3,(H,19,20,21)/t12-/m0/s1. The molecular formula is C18H21N5O. The molecule has 0 unspecified atom stereocenters. The van der Waals surface area contributed by atoms with Gasteiger partial charge in [0.15, 0.2) is 17.2 Å². The number of aromatic nitrogens is 3. The number of oxazole rings is 1. The summed E-state index contributed by atoms with van der Waals surface area (Å²) in [7, 11) is 0. The molecule has 0 saturated heterocycles. The molecule has 0 saturated carbocycles. The second-order valence-electron chi connectivity index (χ2n) is 6.41. The summed E-state index contributed by atoms with van der Waals surface area (Å²) in [5.74, 6) is 1.34. The van der Waals surface area contributed by atoms with Crippen LogP contribution < -0.4 is 5.32 Å². The maximum absolute atomic E-state index is 5.47. The van der Waals surface area contributed by atoms with Crippen molar-refractivity contribution in [1.29, 1.82) is 0 Å². The number of fused-ring (bicyclic) bond motifs is 2. The molecule has 4 rings (SSSR count). The van der Waals surface area contributed by atoms with Crippen LogP contribution in [-0.4, -0.2) is 39.0 Å². The highest BCUT2D eigenvalue weighted by Crippen LogP contribution is 2.21. The molecule has 0 amide bonds. The summed E-state index contributed by atoms with van der Waals surface area (Å²) in [6.07, 6.45) is 2.63. The topological polar surface area (TPSA) is 67.1 Å². The molecule has 2 aromatic heterocycles. The van der Waals surface area contributed by atoms with E-state index in [2.05, 4.69) is 56.4 Å². The Morgan fingerprint density at radius 3 is 2.96 bits per heavy atom. The van der Waals surface area contributed by atoms with Crippen LogP contribution in [0.15, 0.2) is 35.0 Å². The average molecular weight is 323 g/mol. The van der Waals surface area contributed by atoms with Crippen LogP contribution in [0, 0.1) is 6.92 Å². The Morgan fingerprint density at radius 2 is 2.08 bits per heavy atom. The van der Waals surface area contributed by atoms with Crippen molar-refractivity contribution in [3.8, 4) is 0 Å². The van der Waals surface area contributed by atoms with Gasteiger partial charge in [-0.3, -0.25) is 4.90 Å². The van der Waals surface area contributed by atoms with E-state index in [1.165, 1.54) is 17.5 Å². The summed E-state index contributed by atoms with van der Waals surface area (Å²) in [4.78, 5) is 15.3. The normalized spacial score (nSPS) is 16.1. The molecule has 3 heterocycles. The quantitative estimate of drug-likeness (QED) is 0.796. The van der Waals surface area contributed by atoms with E-state index in [4.69, 9.17) is 4.42 Å². The van der Waals surface area contributed by atoms with Gasteiger partial charge in [0.25, 0.3) is 5.71 Å². The molecule has 124 valence electrons. The third kappa shape index (κ3) is 2.97. The van der Waals surface area contributed by atoms with Crippen LogP contribution in [0.2, 0.25) is 0 Å². The van der Waals surface area contributed by atoms with Gasteiger partial charge < -0.3 is 9.73 Å². The second kappa shape index (κ2) is 6.20. The van der Waals surface area contributed by atoms with Gasteiger partial charge >= 0.3 is 0 Å². The van der Waals surface area contributed by atoms with Gasteiger partial charge in [0.2, 0.25) is 0 Å². The van der Waals surface area contributed by atoms with Gasteiger partial charge in [0.05, 0.1) is 0 Å². The number of aryl methyl sites for hydroxylation is 1. The van der Waals surface area contributed by atoms with Crippen LogP contribution >= 0.6 is 0 Å². The molecule has 24 heavy (non-hydrogen) atoms. The first kappa shape index (κ1) is 15.1. The Balaban J connectivity index is 1.44. The molecule has 0 fully saturated rings. The van der Waals surface area contributed by atoms with Crippen molar-refractivity contribution in [2.75, 3.05) is 18.4 Å². The van der Waals surface area contributed by atoms with E-state index >= 15 is 0 Å². The van der Waals surface area contributed by atoms with Gasteiger partial charge in [0, 0.05) is 32.6 Å². The van der Waals surface area contributed by atoms with Crippen molar-refractivity contribution >= 4 is 17.0 Å².